The van der Waals surface area contributed by atoms with Crippen molar-refractivity contribution in [1.82, 2.24) is 14.6 Å². The van der Waals surface area contributed by atoms with Crippen LogP contribution in [0.1, 0.15) is 33.1 Å². The van der Waals surface area contributed by atoms with Crippen LogP contribution < -0.4 is 5.32 Å². The van der Waals surface area contributed by atoms with Gasteiger partial charge >= 0.3 is 0 Å². The molecule has 4 nitrogen and oxygen atoms in total. The van der Waals surface area contributed by atoms with Crippen molar-refractivity contribution in [3.63, 3.8) is 0 Å². The average molecular weight is 291 g/mol. The molecular formula is C15H19ClN4. The van der Waals surface area contributed by atoms with Crippen molar-refractivity contribution in [2.24, 2.45) is 17.3 Å². The zero-order valence-electron chi connectivity index (χ0n) is 11.8. The summed E-state index contributed by atoms with van der Waals surface area (Å²) >= 11 is 6.02. The third-order valence-electron chi connectivity index (χ3n) is 5.43. The molecule has 20 heavy (non-hydrogen) atoms. The minimum Gasteiger partial charge on any atom is -0.365 e. The maximum absolute atomic E-state index is 6.02. The van der Waals surface area contributed by atoms with Gasteiger partial charge in [0.1, 0.15) is 5.52 Å². The van der Waals surface area contributed by atoms with Crippen LogP contribution in [0.2, 0.25) is 5.28 Å². The highest BCUT2D eigenvalue weighted by Crippen LogP contribution is 2.56. The molecule has 3 aliphatic carbocycles. The summed E-state index contributed by atoms with van der Waals surface area (Å²) in [6, 6.07) is 4.45. The molecule has 2 bridgehead atoms. The highest BCUT2D eigenvalue weighted by Gasteiger charge is 2.50. The first-order valence-corrected chi connectivity index (χ1v) is 7.69. The predicted octanol–water partition coefficient (Wildman–Crippen LogP) is 3.62. The van der Waals surface area contributed by atoms with Crippen molar-refractivity contribution < 1.29 is 0 Å². The lowest BCUT2D eigenvalue weighted by Gasteiger charge is -2.56. The number of anilines is 1. The largest absolute Gasteiger partial charge is 0.365 e. The van der Waals surface area contributed by atoms with Gasteiger partial charge in [-0.1, -0.05) is 13.8 Å². The molecule has 106 valence electrons. The van der Waals surface area contributed by atoms with E-state index in [4.69, 9.17) is 11.6 Å². The standard InChI is InChI=1S/C15H19ClN4/c1-15(2)10-6-9(7-10)8-12(15)17-13-11-4-3-5-20(11)19-14(16)18-13/h3-5,9-10,12H,6-8H2,1-2H3,(H,17,18,19)/t9?,10?,12-/m0/s1. The Morgan fingerprint density at radius 1 is 1.35 bits per heavy atom. The lowest BCUT2D eigenvalue weighted by molar-refractivity contribution is -0.0210. The number of halogens is 1. The fourth-order valence-electron chi connectivity index (χ4n) is 3.88. The summed E-state index contributed by atoms with van der Waals surface area (Å²) in [6.45, 7) is 4.76. The van der Waals surface area contributed by atoms with E-state index in [2.05, 4.69) is 29.2 Å². The molecule has 0 radical (unpaired) electrons. The van der Waals surface area contributed by atoms with Crippen LogP contribution in [-0.2, 0) is 0 Å². The van der Waals surface area contributed by atoms with Crippen molar-refractivity contribution in [1.29, 1.82) is 0 Å². The molecular weight excluding hydrogens is 272 g/mol. The first-order chi connectivity index (χ1) is 9.54. The van der Waals surface area contributed by atoms with Crippen LogP contribution >= 0.6 is 11.6 Å². The van der Waals surface area contributed by atoms with Crippen molar-refractivity contribution in [3.8, 4) is 0 Å². The van der Waals surface area contributed by atoms with Crippen LogP contribution in [0.15, 0.2) is 18.3 Å². The highest BCUT2D eigenvalue weighted by molar-refractivity contribution is 6.28. The number of nitrogens with zero attached hydrogens (tertiary/aromatic N) is 3. The van der Waals surface area contributed by atoms with Crippen LogP contribution in [0, 0.1) is 17.3 Å². The minimum atomic E-state index is 0.287. The van der Waals surface area contributed by atoms with E-state index in [1.54, 1.807) is 4.52 Å². The van der Waals surface area contributed by atoms with Crippen LogP contribution in [-0.4, -0.2) is 20.6 Å². The Kier molecular flexibility index (Phi) is 2.56. The minimum absolute atomic E-state index is 0.287. The molecule has 1 N–H and O–H groups in total. The molecule has 5 rings (SSSR count). The molecule has 0 amide bonds. The van der Waals surface area contributed by atoms with Crippen molar-refractivity contribution in [3.05, 3.63) is 23.6 Å². The molecule has 1 atom stereocenters. The Morgan fingerprint density at radius 2 is 2.15 bits per heavy atom. The van der Waals surface area contributed by atoms with Gasteiger partial charge in [0.05, 0.1) is 0 Å². The van der Waals surface area contributed by atoms with Crippen molar-refractivity contribution in [2.75, 3.05) is 5.32 Å². The van der Waals surface area contributed by atoms with E-state index in [-0.39, 0.29) is 5.28 Å². The summed E-state index contributed by atoms with van der Waals surface area (Å²) in [5.41, 5.74) is 1.31. The fourth-order valence-corrected chi connectivity index (χ4v) is 4.05. The molecule has 3 fully saturated rings. The van der Waals surface area contributed by atoms with Gasteiger partial charge in [-0.2, -0.15) is 4.98 Å². The Balaban J connectivity index is 1.69. The van der Waals surface area contributed by atoms with Gasteiger partial charge in [-0.05, 0) is 60.2 Å². The number of hydrogen-bond donors (Lipinski definition) is 1. The number of nitrogens with one attached hydrogen (secondary N) is 1. The monoisotopic (exact) mass is 290 g/mol. The van der Waals surface area contributed by atoms with Gasteiger partial charge in [-0.25, -0.2) is 4.52 Å². The smallest absolute Gasteiger partial charge is 0.243 e. The molecule has 0 aromatic carbocycles. The lowest BCUT2D eigenvalue weighted by Crippen LogP contribution is -2.54. The molecule has 0 aliphatic heterocycles. The van der Waals surface area contributed by atoms with E-state index in [1.807, 2.05) is 18.3 Å². The topological polar surface area (TPSA) is 42.2 Å². The summed E-state index contributed by atoms with van der Waals surface area (Å²) in [6.07, 6.45) is 5.93. The first-order valence-electron chi connectivity index (χ1n) is 7.31. The van der Waals surface area contributed by atoms with E-state index >= 15 is 0 Å². The Labute approximate surface area is 123 Å². The average Bonchev–Trinajstić information content (AvgIpc) is 2.77. The molecule has 2 heterocycles. The fraction of sp³-hybridized carbons (Fsp3) is 0.600. The number of aromatic nitrogens is 3. The van der Waals surface area contributed by atoms with Crippen molar-refractivity contribution in [2.45, 2.75) is 39.2 Å². The summed E-state index contributed by atoms with van der Waals surface area (Å²) < 4.78 is 1.79. The highest BCUT2D eigenvalue weighted by atomic mass is 35.5. The second-order valence-electron chi connectivity index (χ2n) is 6.86. The quantitative estimate of drug-likeness (QED) is 0.918. The predicted molar refractivity (Wildman–Crippen MR) is 80.0 cm³/mol. The second kappa shape index (κ2) is 4.10. The molecule has 0 unspecified atom stereocenters. The third-order valence-corrected chi connectivity index (χ3v) is 5.59. The molecule has 0 spiro atoms. The van der Waals surface area contributed by atoms with E-state index in [0.717, 1.165) is 23.2 Å². The Morgan fingerprint density at radius 3 is 2.90 bits per heavy atom. The molecule has 2 aromatic heterocycles. The maximum atomic E-state index is 6.02. The summed E-state index contributed by atoms with van der Waals surface area (Å²) in [5.74, 6) is 2.60. The van der Waals surface area contributed by atoms with Crippen molar-refractivity contribution >= 4 is 22.9 Å². The normalized spacial score (nSPS) is 31.1. The van der Waals surface area contributed by atoms with Gasteiger partial charge < -0.3 is 5.32 Å². The maximum Gasteiger partial charge on any atom is 0.243 e. The number of hydrogen-bond acceptors (Lipinski definition) is 3. The molecule has 2 aromatic rings. The molecule has 5 heteroatoms. The summed E-state index contributed by atoms with van der Waals surface area (Å²) in [4.78, 5) is 4.40. The summed E-state index contributed by atoms with van der Waals surface area (Å²) in [7, 11) is 0. The van der Waals surface area contributed by atoms with Crippen LogP contribution in [0.3, 0.4) is 0 Å². The zero-order chi connectivity index (χ0) is 13.9. The third kappa shape index (κ3) is 1.74. The SMILES string of the molecule is CC1(C)C2CC(C2)C[C@@H]1Nc1nc(Cl)nn2cccc12. The number of fused-ring (bicyclic) bond motifs is 3. The number of rotatable bonds is 2. The van der Waals surface area contributed by atoms with Gasteiger partial charge in [0.25, 0.3) is 0 Å². The van der Waals surface area contributed by atoms with Crippen LogP contribution in [0.5, 0.6) is 0 Å². The summed E-state index contributed by atoms with van der Waals surface area (Å²) in [5, 5.41) is 8.11. The zero-order valence-corrected chi connectivity index (χ0v) is 12.6. The van der Waals surface area contributed by atoms with Crippen LogP contribution in [0.4, 0.5) is 5.82 Å². The van der Waals surface area contributed by atoms with Gasteiger partial charge in [0.2, 0.25) is 5.28 Å². The van der Waals surface area contributed by atoms with E-state index < -0.39 is 0 Å². The second-order valence-corrected chi connectivity index (χ2v) is 7.19. The van der Waals surface area contributed by atoms with Gasteiger partial charge in [-0.3, -0.25) is 0 Å². The molecule has 3 aliphatic rings. The first kappa shape index (κ1) is 12.5. The Bertz CT molecular complexity index is 657. The van der Waals surface area contributed by atoms with Gasteiger partial charge in [0, 0.05) is 12.2 Å². The van der Waals surface area contributed by atoms with E-state index in [1.165, 1.54) is 19.3 Å². The van der Waals surface area contributed by atoms with Crippen LogP contribution in [0.25, 0.3) is 5.52 Å². The van der Waals surface area contributed by atoms with Gasteiger partial charge in [0.15, 0.2) is 5.82 Å². The Hall–Kier alpha value is -1.29. The lowest BCUT2D eigenvalue weighted by atomic mass is 9.51. The molecule has 0 saturated heterocycles. The van der Waals surface area contributed by atoms with E-state index in [0.29, 0.717) is 11.5 Å². The van der Waals surface area contributed by atoms with Gasteiger partial charge in [-0.15, -0.1) is 5.10 Å². The molecule has 3 saturated carbocycles. The van der Waals surface area contributed by atoms with E-state index in [9.17, 15) is 0 Å².